The van der Waals surface area contributed by atoms with Crippen molar-refractivity contribution in [2.45, 2.75) is 339 Å². The summed E-state index contributed by atoms with van der Waals surface area (Å²) in [5.41, 5.74) is 0. The van der Waals surface area contributed by atoms with Gasteiger partial charge in [-0.3, -0.25) is 9.59 Å². The molecule has 1 heterocycles. The van der Waals surface area contributed by atoms with Crippen LogP contribution in [0, 0.1) is 0 Å². The summed E-state index contributed by atoms with van der Waals surface area (Å²) in [5, 5.41) is 57.0. The van der Waals surface area contributed by atoms with Crippen molar-refractivity contribution in [3.05, 3.63) is 60.8 Å². The van der Waals surface area contributed by atoms with E-state index in [0.29, 0.717) is 12.8 Å². The van der Waals surface area contributed by atoms with E-state index in [9.17, 15) is 35.1 Å². The number of aliphatic hydroxyl groups is 5. The molecule has 1 amide bonds. The maximum absolute atomic E-state index is 13.4. The summed E-state index contributed by atoms with van der Waals surface area (Å²) in [4.78, 5) is 26.5. The van der Waals surface area contributed by atoms with E-state index in [0.717, 1.165) is 83.5 Å². The number of hydrogen-bond donors (Lipinski definition) is 6. The van der Waals surface area contributed by atoms with E-state index in [1.165, 1.54) is 161 Å². The summed E-state index contributed by atoms with van der Waals surface area (Å²) >= 11 is 0. The maximum Gasteiger partial charge on any atom is 0.306 e. The largest absolute Gasteiger partial charge is 0.454 e. The SMILES string of the molecule is CCCCC/C=C\C/C=C\C/C=C\CCCCCCCCCCCCCC(O)C(=O)NC(COC1OC(CO)C(O)C(O)C1OC(=O)CCCCC/C=C\CCCCCCCCC)C(O)/C=C/CCCCCCCCCCC. The van der Waals surface area contributed by atoms with Crippen LogP contribution in [-0.4, -0.2) is 99.6 Å². The Bertz CT molecular complexity index is 1500. The third kappa shape index (κ3) is 42.2. The van der Waals surface area contributed by atoms with Crippen LogP contribution < -0.4 is 5.32 Å². The van der Waals surface area contributed by atoms with Crippen molar-refractivity contribution in [2.24, 2.45) is 0 Å². The van der Waals surface area contributed by atoms with Gasteiger partial charge in [0.25, 0.3) is 0 Å². The number of unbranched alkanes of at least 4 members (excludes halogenated alkanes) is 33. The fourth-order valence-corrected chi connectivity index (χ4v) is 9.95. The molecular weight excluding hydrogens is 979 g/mol. The number of carbonyl (C=O) groups excluding carboxylic acids is 2. The molecule has 6 N–H and O–H groups in total. The fraction of sp³-hybridized carbons (Fsp3) is 0.821. The van der Waals surface area contributed by atoms with Gasteiger partial charge >= 0.3 is 5.97 Å². The molecule has 0 saturated carbocycles. The molecule has 0 aliphatic carbocycles. The molecule has 1 rings (SSSR count). The molecule has 0 spiro atoms. The minimum Gasteiger partial charge on any atom is -0.454 e. The Hall–Kier alpha value is -2.64. The maximum atomic E-state index is 13.4. The van der Waals surface area contributed by atoms with Crippen molar-refractivity contribution in [3.63, 3.8) is 0 Å². The average molecular weight is 1100 g/mol. The number of hydrogen-bond acceptors (Lipinski definition) is 10. The number of rotatable bonds is 55. The van der Waals surface area contributed by atoms with Crippen molar-refractivity contribution in [3.8, 4) is 0 Å². The number of carbonyl (C=O) groups is 2. The van der Waals surface area contributed by atoms with Crippen LogP contribution in [0.3, 0.4) is 0 Å². The zero-order valence-electron chi connectivity index (χ0n) is 50.3. The number of nitrogens with one attached hydrogen (secondary N) is 1. The summed E-state index contributed by atoms with van der Waals surface area (Å²) in [6.45, 7) is 5.75. The number of esters is 1. The summed E-state index contributed by atoms with van der Waals surface area (Å²) in [5.74, 6) is -1.21. The normalized spacial score (nSPS) is 19.3. The lowest BCUT2D eigenvalue weighted by Crippen LogP contribution is -2.61. The van der Waals surface area contributed by atoms with Crippen molar-refractivity contribution >= 4 is 11.9 Å². The minimum absolute atomic E-state index is 0.103. The second kappa shape index (κ2) is 54.9. The van der Waals surface area contributed by atoms with Gasteiger partial charge in [-0.25, -0.2) is 0 Å². The van der Waals surface area contributed by atoms with Crippen molar-refractivity contribution < 1.29 is 49.3 Å². The van der Waals surface area contributed by atoms with Crippen LogP contribution in [0.1, 0.15) is 290 Å². The summed E-state index contributed by atoms with van der Waals surface area (Å²) in [6.07, 6.45) is 58.4. The standard InChI is InChI=1S/C67H121NO10/c1-4-7-10-13-16-19-22-24-26-27-28-29-30-31-32-33-34-35-36-39-42-45-48-51-54-60(71)66(75)68-58(59(70)53-50-47-44-41-38-21-18-15-12-9-6-3)57-76-67-65(64(74)63(73)61(56-69)77-67)78-62(72)55-52-49-46-43-40-37-25-23-20-17-14-11-8-5-2/h16,19,24,26,28-29,37,40,50,53,58-61,63-65,67,69-71,73-74H,4-15,17-18,20-23,25,27,30-36,38-39,41-49,51-52,54-57H2,1-3H3,(H,68,75)/b19-16-,26-24-,29-28-,40-37-,53-50+. The van der Waals surface area contributed by atoms with Gasteiger partial charge < -0.3 is 45.1 Å². The van der Waals surface area contributed by atoms with Crippen LogP contribution in [-0.2, 0) is 23.8 Å². The van der Waals surface area contributed by atoms with Gasteiger partial charge in [0.05, 0.1) is 25.4 Å². The van der Waals surface area contributed by atoms with E-state index in [2.05, 4.69) is 74.7 Å². The highest BCUT2D eigenvalue weighted by atomic mass is 16.7. The highest BCUT2D eigenvalue weighted by Gasteiger charge is 2.47. The van der Waals surface area contributed by atoms with Crippen molar-refractivity contribution in [1.29, 1.82) is 0 Å². The Morgan fingerprint density at radius 2 is 0.885 bits per heavy atom. The molecule has 0 aromatic carbocycles. The molecule has 0 aromatic rings. The van der Waals surface area contributed by atoms with Gasteiger partial charge in [0.15, 0.2) is 12.4 Å². The van der Waals surface area contributed by atoms with E-state index in [-0.39, 0.29) is 19.4 Å². The highest BCUT2D eigenvalue weighted by Crippen LogP contribution is 2.26. The quantitative estimate of drug-likeness (QED) is 0.0195. The van der Waals surface area contributed by atoms with Crippen LogP contribution in [0.5, 0.6) is 0 Å². The molecule has 11 nitrogen and oxygen atoms in total. The smallest absolute Gasteiger partial charge is 0.306 e. The van der Waals surface area contributed by atoms with E-state index >= 15 is 0 Å². The predicted octanol–water partition coefficient (Wildman–Crippen LogP) is 15.8. The monoisotopic (exact) mass is 1100 g/mol. The lowest BCUT2D eigenvalue weighted by atomic mass is 9.99. The van der Waals surface area contributed by atoms with Crippen molar-refractivity contribution in [1.82, 2.24) is 5.32 Å². The average Bonchev–Trinajstić information content (AvgIpc) is 3.44. The lowest BCUT2D eigenvalue weighted by Gasteiger charge is -2.41. The molecule has 8 unspecified atom stereocenters. The fourth-order valence-electron chi connectivity index (χ4n) is 9.95. The first-order valence-electron chi connectivity index (χ1n) is 32.6. The van der Waals surface area contributed by atoms with Gasteiger partial charge in [0, 0.05) is 6.42 Å². The van der Waals surface area contributed by atoms with Crippen LogP contribution >= 0.6 is 0 Å². The zero-order chi connectivity index (χ0) is 56.8. The molecule has 1 aliphatic heterocycles. The summed E-state index contributed by atoms with van der Waals surface area (Å²) in [7, 11) is 0. The van der Waals surface area contributed by atoms with Crippen LogP contribution in [0.25, 0.3) is 0 Å². The van der Waals surface area contributed by atoms with E-state index < -0.39 is 67.4 Å². The first-order chi connectivity index (χ1) is 38.2. The van der Waals surface area contributed by atoms with Gasteiger partial charge in [-0.1, -0.05) is 255 Å². The molecule has 0 bridgehead atoms. The van der Waals surface area contributed by atoms with E-state index in [1.807, 2.05) is 6.08 Å². The molecule has 1 fully saturated rings. The molecule has 1 aliphatic rings. The highest BCUT2D eigenvalue weighted by molar-refractivity contribution is 5.80. The third-order valence-electron chi connectivity index (χ3n) is 15.1. The first-order valence-corrected chi connectivity index (χ1v) is 32.6. The predicted molar refractivity (Wildman–Crippen MR) is 324 cm³/mol. The molecule has 454 valence electrons. The van der Waals surface area contributed by atoms with Gasteiger partial charge in [-0.2, -0.15) is 0 Å². The Morgan fingerprint density at radius 3 is 1.36 bits per heavy atom. The topological polar surface area (TPSA) is 175 Å². The molecular formula is C67H121NO10. The van der Waals surface area contributed by atoms with E-state index in [4.69, 9.17) is 14.2 Å². The Balaban J connectivity index is 2.60. The minimum atomic E-state index is -1.62. The van der Waals surface area contributed by atoms with Gasteiger partial charge in [0.2, 0.25) is 5.91 Å². The summed E-state index contributed by atoms with van der Waals surface area (Å²) in [6, 6.07) is -1.03. The summed E-state index contributed by atoms with van der Waals surface area (Å²) < 4.78 is 17.6. The Kier molecular flexibility index (Phi) is 51.7. The van der Waals surface area contributed by atoms with E-state index in [1.54, 1.807) is 6.08 Å². The molecule has 0 aromatic heterocycles. The van der Waals surface area contributed by atoms with Gasteiger partial charge in [-0.05, 0) is 89.9 Å². The second-order valence-electron chi connectivity index (χ2n) is 22.5. The zero-order valence-corrected chi connectivity index (χ0v) is 50.3. The molecule has 11 heteroatoms. The Morgan fingerprint density at radius 1 is 0.500 bits per heavy atom. The number of allylic oxidation sites excluding steroid dienone is 9. The lowest BCUT2D eigenvalue weighted by molar-refractivity contribution is -0.305. The second-order valence-corrected chi connectivity index (χ2v) is 22.5. The van der Waals surface area contributed by atoms with Crippen LogP contribution in [0.2, 0.25) is 0 Å². The molecule has 78 heavy (non-hydrogen) atoms. The first kappa shape index (κ1) is 73.4. The molecule has 1 saturated heterocycles. The number of ether oxygens (including phenoxy) is 3. The van der Waals surface area contributed by atoms with Crippen LogP contribution in [0.4, 0.5) is 0 Å². The van der Waals surface area contributed by atoms with Crippen LogP contribution in [0.15, 0.2) is 60.8 Å². The number of amides is 1. The molecule has 8 atom stereocenters. The Labute approximate surface area is 478 Å². The third-order valence-corrected chi connectivity index (χ3v) is 15.1. The van der Waals surface area contributed by atoms with Gasteiger partial charge in [-0.15, -0.1) is 0 Å². The molecule has 0 radical (unpaired) electrons. The van der Waals surface area contributed by atoms with Gasteiger partial charge in [0.1, 0.15) is 24.4 Å². The number of aliphatic hydroxyl groups excluding tert-OH is 5. The van der Waals surface area contributed by atoms with Crippen molar-refractivity contribution in [2.75, 3.05) is 13.2 Å².